The number of anilines is 2. The molecule has 0 saturated heterocycles. The molecule has 0 bridgehead atoms. The van der Waals surface area contributed by atoms with Crippen molar-refractivity contribution in [2.45, 2.75) is 0 Å². The van der Waals surface area contributed by atoms with Crippen molar-refractivity contribution < 1.29 is 9.90 Å². The average Bonchev–Trinajstić information content (AvgIpc) is 2.48. The standard InChI is InChI=1S/C17H14N2O2/c18-15-6-2-1-5-13(15)17(21)19-16-7-3-4-11-8-9-12(20)10-14(11)16/h1-10,20H,18H2,(H,19,21). The van der Waals surface area contributed by atoms with Crippen LogP contribution in [0.1, 0.15) is 10.4 Å². The molecular weight excluding hydrogens is 264 g/mol. The van der Waals surface area contributed by atoms with Crippen LogP contribution < -0.4 is 11.1 Å². The number of para-hydroxylation sites is 1. The van der Waals surface area contributed by atoms with E-state index in [1.165, 1.54) is 0 Å². The van der Waals surface area contributed by atoms with Crippen LogP contribution in [0.15, 0.2) is 60.7 Å². The summed E-state index contributed by atoms with van der Waals surface area (Å²) >= 11 is 0. The summed E-state index contributed by atoms with van der Waals surface area (Å²) in [7, 11) is 0. The first-order chi connectivity index (χ1) is 10.1. The molecule has 104 valence electrons. The average molecular weight is 278 g/mol. The van der Waals surface area contributed by atoms with Gasteiger partial charge in [0.15, 0.2) is 0 Å². The molecule has 0 aliphatic heterocycles. The molecular formula is C17H14N2O2. The fourth-order valence-corrected chi connectivity index (χ4v) is 2.26. The van der Waals surface area contributed by atoms with Crippen LogP contribution in [-0.2, 0) is 0 Å². The summed E-state index contributed by atoms with van der Waals surface area (Å²) in [6, 6.07) is 17.5. The summed E-state index contributed by atoms with van der Waals surface area (Å²) in [5, 5.41) is 14.2. The van der Waals surface area contributed by atoms with Gasteiger partial charge in [-0.1, -0.05) is 30.3 Å². The van der Waals surface area contributed by atoms with E-state index in [0.717, 1.165) is 10.8 Å². The number of rotatable bonds is 2. The lowest BCUT2D eigenvalue weighted by atomic mass is 10.1. The fourth-order valence-electron chi connectivity index (χ4n) is 2.26. The van der Waals surface area contributed by atoms with Gasteiger partial charge in [-0.2, -0.15) is 0 Å². The Morgan fingerprint density at radius 1 is 1.00 bits per heavy atom. The van der Waals surface area contributed by atoms with Crippen molar-refractivity contribution in [3.63, 3.8) is 0 Å². The molecule has 3 aromatic carbocycles. The minimum atomic E-state index is -0.274. The minimum Gasteiger partial charge on any atom is -0.508 e. The second kappa shape index (κ2) is 5.17. The molecule has 1 amide bonds. The lowest BCUT2D eigenvalue weighted by Gasteiger charge is -2.10. The Morgan fingerprint density at radius 3 is 2.62 bits per heavy atom. The van der Waals surface area contributed by atoms with E-state index < -0.39 is 0 Å². The predicted octanol–water partition coefficient (Wildman–Crippen LogP) is 3.38. The normalized spacial score (nSPS) is 10.5. The number of carbonyl (C=O) groups excluding carboxylic acids is 1. The monoisotopic (exact) mass is 278 g/mol. The van der Waals surface area contributed by atoms with Crippen LogP contribution >= 0.6 is 0 Å². The molecule has 3 rings (SSSR count). The second-order valence-electron chi connectivity index (χ2n) is 4.75. The van der Waals surface area contributed by atoms with Crippen molar-refractivity contribution in [1.82, 2.24) is 0 Å². The maximum Gasteiger partial charge on any atom is 0.257 e. The number of hydrogen-bond donors (Lipinski definition) is 3. The fraction of sp³-hybridized carbons (Fsp3) is 0. The van der Waals surface area contributed by atoms with Crippen molar-refractivity contribution >= 4 is 28.1 Å². The predicted molar refractivity (Wildman–Crippen MR) is 84.4 cm³/mol. The topological polar surface area (TPSA) is 75.4 Å². The van der Waals surface area contributed by atoms with Crippen LogP contribution in [0.5, 0.6) is 5.75 Å². The van der Waals surface area contributed by atoms with E-state index in [9.17, 15) is 9.90 Å². The highest BCUT2D eigenvalue weighted by Gasteiger charge is 2.11. The van der Waals surface area contributed by atoms with Gasteiger partial charge in [0.2, 0.25) is 0 Å². The van der Waals surface area contributed by atoms with Gasteiger partial charge in [-0.3, -0.25) is 4.79 Å². The maximum absolute atomic E-state index is 12.3. The third-order valence-electron chi connectivity index (χ3n) is 3.32. The van der Waals surface area contributed by atoms with E-state index in [4.69, 9.17) is 5.73 Å². The van der Waals surface area contributed by atoms with E-state index in [0.29, 0.717) is 16.9 Å². The Kier molecular flexibility index (Phi) is 3.20. The van der Waals surface area contributed by atoms with Crippen molar-refractivity contribution in [3.8, 4) is 5.75 Å². The van der Waals surface area contributed by atoms with Crippen LogP contribution in [0.2, 0.25) is 0 Å². The summed E-state index contributed by atoms with van der Waals surface area (Å²) in [5.74, 6) is -0.118. The number of aromatic hydroxyl groups is 1. The number of phenolic OH excluding ortho intramolecular Hbond substituents is 1. The van der Waals surface area contributed by atoms with Crippen LogP contribution in [0.3, 0.4) is 0 Å². The molecule has 0 unspecified atom stereocenters. The Morgan fingerprint density at radius 2 is 1.81 bits per heavy atom. The smallest absolute Gasteiger partial charge is 0.257 e. The quantitative estimate of drug-likeness (QED) is 0.629. The lowest BCUT2D eigenvalue weighted by molar-refractivity contribution is 0.102. The van der Waals surface area contributed by atoms with Gasteiger partial charge in [0.1, 0.15) is 5.75 Å². The first kappa shape index (κ1) is 13.0. The third kappa shape index (κ3) is 2.51. The summed E-state index contributed by atoms with van der Waals surface area (Å²) < 4.78 is 0. The van der Waals surface area contributed by atoms with E-state index in [1.54, 1.807) is 48.5 Å². The Bertz CT molecular complexity index is 828. The largest absolute Gasteiger partial charge is 0.508 e. The first-order valence-corrected chi connectivity index (χ1v) is 6.53. The highest BCUT2D eigenvalue weighted by atomic mass is 16.3. The van der Waals surface area contributed by atoms with Crippen molar-refractivity contribution in [1.29, 1.82) is 0 Å². The number of nitrogen functional groups attached to an aromatic ring is 1. The number of carbonyl (C=O) groups is 1. The molecule has 0 fully saturated rings. The molecule has 21 heavy (non-hydrogen) atoms. The highest BCUT2D eigenvalue weighted by molar-refractivity contribution is 6.11. The molecule has 0 spiro atoms. The molecule has 0 radical (unpaired) electrons. The van der Waals surface area contributed by atoms with Gasteiger partial charge >= 0.3 is 0 Å². The molecule has 3 aromatic rings. The van der Waals surface area contributed by atoms with E-state index in [2.05, 4.69) is 5.32 Å². The van der Waals surface area contributed by atoms with E-state index in [-0.39, 0.29) is 11.7 Å². The molecule has 4 heteroatoms. The summed E-state index contributed by atoms with van der Waals surface area (Å²) in [6.45, 7) is 0. The lowest BCUT2D eigenvalue weighted by Crippen LogP contribution is -2.14. The molecule has 0 saturated carbocycles. The summed E-state index contributed by atoms with van der Waals surface area (Å²) in [6.07, 6.45) is 0. The molecule has 0 aliphatic carbocycles. The number of nitrogens with two attached hydrogens (primary N) is 1. The zero-order valence-corrected chi connectivity index (χ0v) is 11.2. The number of hydrogen-bond acceptors (Lipinski definition) is 3. The van der Waals surface area contributed by atoms with Crippen LogP contribution in [0, 0.1) is 0 Å². The van der Waals surface area contributed by atoms with Gasteiger partial charge in [-0.05, 0) is 35.7 Å². The van der Waals surface area contributed by atoms with Gasteiger partial charge in [0, 0.05) is 16.8 Å². The first-order valence-electron chi connectivity index (χ1n) is 6.53. The maximum atomic E-state index is 12.3. The second-order valence-corrected chi connectivity index (χ2v) is 4.75. The van der Waals surface area contributed by atoms with Gasteiger partial charge in [-0.15, -0.1) is 0 Å². The van der Waals surface area contributed by atoms with E-state index in [1.807, 2.05) is 12.1 Å². The van der Waals surface area contributed by atoms with Crippen molar-refractivity contribution in [2.75, 3.05) is 11.1 Å². The summed E-state index contributed by atoms with van der Waals surface area (Å²) in [5.41, 5.74) is 7.30. The number of benzene rings is 3. The molecule has 0 heterocycles. The third-order valence-corrected chi connectivity index (χ3v) is 3.32. The molecule has 0 aromatic heterocycles. The minimum absolute atomic E-state index is 0.156. The van der Waals surface area contributed by atoms with Gasteiger partial charge < -0.3 is 16.2 Å². The Hall–Kier alpha value is -3.01. The van der Waals surface area contributed by atoms with Gasteiger partial charge in [0.25, 0.3) is 5.91 Å². The molecule has 4 nitrogen and oxygen atoms in total. The number of fused-ring (bicyclic) bond motifs is 1. The van der Waals surface area contributed by atoms with Gasteiger partial charge in [-0.25, -0.2) is 0 Å². The highest BCUT2D eigenvalue weighted by Crippen LogP contribution is 2.27. The summed E-state index contributed by atoms with van der Waals surface area (Å²) in [4.78, 5) is 12.3. The van der Waals surface area contributed by atoms with Crippen molar-refractivity contribution in [3.05, 3.63) is 66.2 Å². The zero-order chi connectivity index (χ0) is 14.8. The van der Waals surface area contributed by atoms with Gasteiger partial charge in [0.05, 0.1) is 5.56 Å². The molecule has 0 aliphatic rings. The van der Waals surface area contributed by atoms with Crippen LogP contribution in [-0.4, -0.2) is 11.0 Å². The Balaban J connectivity index is 2.00. The molecule has 4 N–H and O–H groups in total. The number of amides is 1. The number of nitrogens with one attached hydrogen (secondary N) is 1. The SMILES string of the molecule is Nc1ccccc1C(=O)Nc1cccc2ccc(O)cc12. The van der Waals surface area contributed by atoms with Crippen molar-refractivity contribution in [2.24, 2.45) is 0 Å². The Labute approximate surface area is 121 Å². The number of phenols is 1. The zero-order valence-electron chi connectivity index (χ0n) is 11.2. The van der Waals surface area contributed by atoms with E-state index >= 15 is 0 Å². The van der Waals surface area contributed by atoms with Crippen LogP contribution in [0.25, 0.3) is 10.8 Å². The molecule has 0 atom stereocenters. The van der Waals surface area contributed by atoms with Crippen LogP contribution in [0.4, 0.5) is 11.4 Å².